The van der Waals surface area contributed by atoms with Crippen LogP contribution in [0.15, 0.2) is 66.9 Å². The number of methoxy groups -OCH3 is 1. The van der Waals surface area contributed by atoms with Crippen molar-refractivity contribution >= 4 is 5.76 Å². The summed E-state index contributed by atoms with van der Waals surface area (Å²) in [7, 11) is 1.63. The van der Waals surface area contributed by atoms with Crippen LogP contribution in [-0.2, 0) is 4.74 Å². The Balaban J connectivity index is 2.14. The summed E-state index contributed by atoms with van der Waals surface area (Å²) in [6, 6.07) is 19.4. The van der Waals surface area contributed by atoms with Gasteiger partial charge in [0.1, 0.15) is 12.0 Å². The van der Waals surface area contributed by atoms with E-state index in [1.54, 1.807) is 13.4 Å². The van der Waals surface area contributed by atoms with Crippen molar-refractivity contribution in [3.05, 3.63) is 72.5 Å². The predicted molar refractivity (Wildman–Crippen MR) is 68.5 cm³/mol. The largest absolute Gasteiger partial charge is 0.493 e. The maximum atomic E-state index is 5.53. The minimum absolute atomic E-state index is 0.703. The minimum Gasteiger partial charge on any atom is -0.493 e. The number of hydrogen-bond donors (Lipinski definition) is 0. The van der Waals surface area contributed by atoms with E-state index in [-0.39, 0.29) is 0 Å². The first-order valence-corrected chi connectivity index (χ1v) is 5.41. The van der Waals surface area contributed by atoms with Crippen LogP contribution < -0.4 is 4.74 Å². The van der Waals surface area contributed by atoms with E-state index in [9.17, 15) is 0 Å². The Hall–Kier alpha value is -2.22. The zero-order chi connectivity index (χ0) is 11.9. The van der Waals surface area contributed by atoms with Gasteiger partial charge in [-0.25, -0.2) is 0 Å². The molecule has 17 heavy (non-hydrogen) atoms. The average molecular weight is 226 g/mol. The topological polar surface area (TPSA) is 18.5 Å². The number of ether oxygens (including phenoxy) is 2. The van der Waals surface area contributed by atoms with Crippen LogP contribution in [0.1, 0.15) is 5.56 Å². The van der Waals surface area contributed by atoms with Crippen molar-refractivity contribution in [1.29, 1.82) is 0 Å². The SMILES string of the molecule is COC(=COc1ccccc1)c1ccccc1. The lowest BCUT2D eigenvalue weighted by atomic mass is 10.2. The molecule has 0 aliphatic heterocycles. The highest BCUT2D eigenvalue weighted by Crippen LogP contribution is 2.16. The van der Waals surface area contributed by atoms with Crippen molar-refractivity contribution in [2.24, 2.45) is 0 Å². The minimum atomic E-state index is 0.703. The molecule has 0 heterocycles. The van der Waals surface area contributed by atoms with E-state index in [1.165, 1.54) is 0 Å². The van der Waals surface area contributed by atoms with E-state index in [1.807, 2.05) is 60.7 Å². The molecule has 0 N–H and O–H groups in total. The Morgan fingerprint density at radius 3 is 2.06 bits per heavy atom. The van der Waals surface area contributed by atoms with Crippen LogP contribution in [0.4, 0.5) is 0 Å². The summed E-state index contributed by atoms with van der Waals surface area (Å²) in [5.74, 6) is 1.49. The Bertz CT molecular complexity index is 475. The third kappa shape index (κ3) is 3.11. The van der Waals surface area contributed by atoms with Gasteiger partial charge in [0.2, 0.25) is 0 Å². The molecule has 0 saturated carbocycles. The lowest BCUT2D eigenvalue weighted by Crippen LogP contribution is -1.91. The fourth-order valence-electron chi connectivity index (χ4n) is 1.46. The zero-order valence-corrected chi connectivity index (χ0v) is 9.67. The maximum Gasteiger partial charge on any atom is 0.161 e. The molecule has 2 heteroatoms. The van der Waals surface area contributed by atoms with Gasteiger partial charge in [-0.3, -0.25) is 0 Å². The molecule has 0 unspecified atom stereocenters. The van der Waals surface area contributed by atoms with Crippen LogP contribution in [0, 0.1) is 0 Å². The van der Waals surface area contributed by atoms with Crippen molar-refractivity contribution in [2.45, 2.75) is 0 Å². The molecule has 0 aliphatic carbocycles. The van der Waals surface area contributed by atoms with Crippen molar-refractivity contribution in [3.63, 3.8) is 0 Å². The monoisotopic (exact) mass is 226 g/mol. The van der Waals surface area contributed by atoms with E-state index in [4.69, 9.17) is 9.47 Å². The van der Waals surface area contributed by atoms with Crippen LogP contribution in [0.2, 0.25) is 0 Å². The molecule has 2 aromatic carbocycles. The van der Waals surface area contributed by atoms with Gasteiger partial charge < -0.3 is 9.47 Å². The fraction of sp³-hybridized carbons (Fsp3) is 0.0667. The zero-order valence-electron chi connectivity index (χ0n) is 9.67. The van der Waals surface area contributed by atoms with Gasteiger partial charge in [-0.2, -0.15) is 0 Å². The van der Waals surface area contributed by atoms with Gasteiger partial charge in [0.05, 0.1) is 7.11 Å². The first kappa shape index (κ1) is 11.3. The second-order valence-corrected chi connectivity index (χ2v) is 3.48. The summed E-state index contributed by atoms with van der Waals surface area (Å²) in [5, 5.41) is 0. The van der Waals surface area contributed by atoms with E-state index < -0.39 is 0 Å². The lowest BCUT2D eigenvalue weighted by Gasteiger charge is -2.06. The van der Waals surface area contributed by atoms with Crippen LogP contribution in [-0.4, -0.2) is 7.11 Å². The van der Waals surface area contributed by atoms with Crippen LogP contribution in [0.25, 0.3) is 5.76 Å². The molecule has 2 aromatic rings. The summed E-state index contributed by atoms with van der Waals surface area (Å²) in [4.78, 5) is 0. The lowest BCUT2D eigenvalue weighted by molar-refractivity contribution is 0.351. The number of para-hydroxylation sites is 1. The highest BCUT2D eigenvalue weighted by molar-refractivity contribution is 5.58. The quantitative estimate of drug-likeness (QED) is 0.740. The molecule has 2 rings (SSSR count). The van der Waals surface area contributed by atoms with Crippen molar-refractivity contribution in [3.8, 4) is 5.75 Å². The van der Waals surface area contributed by atoms with E-state index in [0.717, 1.165) is 11.3 Å². The highest BCUT2D eigenvalue weighted by Gasteiger charge is 2.00. The van der Waals surface area contributed by atoms with Crippen LogP contribution in [0.3, 0.4) is 0 Å². The Labute approximate surface area is 101 Å². The molecular weight excluding hydrogens is 212 g/mol. The first-order chi connectivity index (χ1) is 8.40. The van der Waals surface area contributed by atoms with Crippen molar-refractivity contribution in [1.82, 2.24) is 0 Å². The molecule has 0 spiro atoms. The normalized spacial score (nSPS) is 11.0. The Kier molecular flexibility index (Phi) is 3.81. The summed E-state index contributed by atoms with van der Waals surface area (Å²) >= 11 is 0. The van der Waals surface area contributed by atoms with Gasteiger partial charge >= 0.3 is 0 Å². The number of hydrogen-bond acceptors (Lipinski definition) is 2. The maximum absolute atomic E-state index is 5.53. The summed E-state index contributed by atoms with van der Waals surface area (Å²) in [5.41, 5.74) is 0.992. The second-order valence-electron chi connectivity index (χ2n) is 3.48. The van der Waals surface area contributed by atoms with Gasteiger partial charge in [0.25, 0.3) is 0 Å². The third-order valence-corrected chi connectivity index (χ3v) is 2.32. The van der Waals surface area contributed by atoms with Crippen LogP contribution in [0.5, 0.6) is 5.75 Å². The Morgan fingerprint density at radius 1 is 0.882 bits per heavy atom. The van der Waals surface area contributed by atoms with Crippen molar-refractivity contribution < 1.29 is 9.47 Å². The van der Waals surface area contributed by atoms with Crippen molar-refractivity contribution in [2.75, 3.05) is 7.11 Å². The molecule has 0 fully saturated rings. The van der Waals surface area contributed by atoms with E-state index in [0.29, 0.717) is 5.76 Å². The average Bonchev–Trinajstić information content (AvgIpc) is 2.42. The van der Waals surface area contributed by atoms with E-state index in [2.05, 4.69) is 0 Å². The molecule has 0 radical (unpaired) electrons. The van der Waals surface area contributed by atoms with E-state index >= 15 is 0 Å². The van der Waals surface area contributed by atoms with Gasteiger partial charge in [0.15, 0.2) is 5.76 Å². The highest BCUT2D eigenvalue weighted by atomic mass is 16.5. The summed E-state index contributed by atoms with van der Waals surface area (Å²) in [6.07, 6.45) is 1.62. The molecule has 0 bridgehead atoms. The molecule has 86 valence electrons. The van der Waals surface area contributed by atoms with Gasteiger partial charge in [0, 0.05) is 5.56 Å². The number of rotatable bonds is 4. The summed E-state index contributed by atoms with van der Waals surface area (Å²) in [6.45, 7) is 0. The molecule has 2 nitrogen and oxygen atoms in total. The standard InChI is InChI=1S/C15H14O2/c1-16-15(13-8-4-2-5-9-13)12-17-14-10-6-3-7-11-14/h2-12H,1H3. The molecule has 0 atom stereocenters. The molecule has 0 amide bonds. The second kappa shape index (κ2) is 5.75. The fourth-order valence-corrected chi connectivity index (χ4v) is 1.46. The van der Waals surface area contributed by atoms with Crippen LogP contribution >= 0.6 is 0 Å². The van der Waals surface area contributed by atoms with Gasteiger partial charge in [-0.1, -0.05) is 48.5 Å². The molecule has 0 aliphatic rings. The molecule has 0 saturated heterocycles. The predicted octanol–water partition coefficient (Wildman–Crippen LogP) is 3.71. The van der Waals surface area contributed by atoms with Gasteiger partial charge in [-0.15, -0.1) is 0 Å². The molecular formula is C15H14O2. The smallest absolute Gasteiger partial charge is 0.161 e. The molecule has 0 aromatic heterocycles. The summed E-state index contributed by atoms with van der Waals surface area (Å²) < 4.78 is 10.8. The third-order valence-electron chi connectivity index (χ3n) is 2.32. The first-order valence-electron chi connectivity index (χ1n) is 5.41. The Morgan fingerprint density at radius 2 is 1.47 bits per heavy atom. The van der Waals surface area contributed by atoms with Gasteiger partial charge in [-0.05, 0) is 12.1 Å². The number of benzene rings is 2.